The van der Waals surface area contributed by atoms with Crippen LogP contribution in [0.4, 0.5) is 9.59 Å². The minimum Gasteiger partial charge on any atom is -0.445 e. The topological polar surface area (TPSA) is 79.4 Å². The summed E-state index contributed by atoms with van der Waals surface area (Å²) in [7, 11) is 0. The number of nitrogens with zero attached hydrogens (tertiary/aromatic N) is 3. The molecule has 0 radical (unpaired) electrons. The SMILES string of the molecule is CC(C)(C)OC(=O)N1CC(CN2CCN(C(=O)OCc3ccccc3)CC2=O)C1. The van der Waals surface area contributed by atoms with Gasteiger partial charge in [-0.1, -0.05) is 30.3 Å². The molecule has 0 unspecified atom stereocenters. The Morgan fingerprint density at radius 2 is 1.72 bits per heavy atom. The van der Waals surface area contributed by atoms with E-state index < -0.39 is 11.7 Å². The molecule has 2 saturated heterocycles. The molecule has 158 valence electrons. The van der Waals surface area contributed by atoms with Gasteiger partial charge in [-0.25, -0.2) is 9.59 Å². The third-order valence-corrected chi connectivity index (χ3v) is 4.87. The zero-order valence-corrected chi connectivity index (χ0v) is 17.3. The smallest absolute Gasteiger partial charge is 0.410 e. The molecule has 0 atom stereocenters. The first-order chi connectivity index (χ1) is 13.7. The molecule has 2 fully saturated rings. The minimum atomic E-state index is -0.510. The molecular weight excluding hydrogens is 374 g/mol. The number of piperazine rings is 1. The van der Waals surface area contributed by atoms with Crippen LogP contribution in [-0.2, 0) is 20.9 Å². The summed E-state index contributed by atoms with van der Waals surface area (Å²) < 4.78 is 10.6. The van der Waals surface area contributed by atoms with Gasteiger partial charge >= 0.3 is 12.2 Å². The number of carbonyl (C=O) groups excluding carboxylic acids is 3. The molecular formula is C21H29N3O5. The van der Waals surface area contributed by atoms with E-state index in [1.165, 1.54) is 4.90 Å². The number of hydrogen-bond donors (Lipinski definition) is 0. The van der Waals surface area contributed by atoms with Gasteiger partial charge in [0.25, 0.3) is 0 Å². The molecule has 0 saturated carbocycles. The first-order valence-corrected chi connectivity index (χ1v) is 9.92. The van der Waals surface area contributed by atoms with E-state index in [2.05, 4.69) is 0 Å². The Labute approximate surface area is 171 Å². The normalized spacial score (nSPS) is 17.8. The summed E-state index contributed by atoms with van der Waals surface area (Å²) in [5.41, 5.74) is 0.397. The predicted octanol–water partition coefficient (Wildman–Crippen LogP) is 2.33. The van der Waals surface area contributed by atoms with Crippen LogP contribution in [0.5, 0.6) is 0 Å². The van der Waals surface area contributed by atoms with Crippen molar-refractivity contribution in [3.63, 3.8) is 0 Å². The van der Waals surface area contributed by atoms with Gasteiger partial charge in [0, 0.05) is 38.6 Å². The molecule has 29 heavy (non-hydrogen) atoms. The van der Waals surface area contributed by atoms with Crippen LogP contribution >= 0.6 is 0 Å². The lowest BCUT2D eigenvalue weighted by Gasteiger charge is -2.43. The molecule has 3 amide bonds. The lowest BCUT2D eigenvalue weighted by molar-refractivity contribution is -0.137. The van der Waals surface area contributed by atoms with Gasteiger partial charge in [-0.05, 0) is 26.3 Å². The highest BCUT2D eigenvalue weighted by molar-refractivity contribution is 5.83. The van der Waals surface area contributed by atoms with Gasteiger partial charge in [-0.15, -0.1) is 0 Å². The predicted molar refractivity (Wildman–Crippen MR) is 106 cm³/mol. The molecule has 0 spiro atoms. The largest absolute Gasteiger partial charge is 0.445 e. The van der Waals surface area contributed by atoms with Crippen molar-refractivity contribution in [2.45, 2.75) is 33.0 Å². The zero-order chi connectivity index (χ0) is 21.0. The van der Waals surface area contributed by atoms with Crippen LogP contribution in [0.2, 0.25) is 0 Å². The van der Waals surface area contributed by atoms with Gasteiger partial charge in [-0.2, -0.15) is 0 Å². The maximum atomic E-state index is 12.4. The maximum Gasteiger partial charge on any atom is 0.410 e. The number of ether oxygens (including phenoxy) is 2. The molecule has 8 heteroatoms. The maximum absolute atomic E-state index is 12.4. The Morgan fingerprint density at radius 3 is 2.34 bits per heavy atom. The zero-order valence-electron chi connectivity index (χ0n) is 17.3. The van der Waals surface area contributed by atoms with E-state index in [0.29, 0.717) is 32.7 Å². The highest BCUT2D eigenvalue weighted by Gasteiger charge is 2.37. The van der Waals surface area contributed by atoms with E-state index in [9.17, 15) is 14.4 Å². The number of benzene rings is 1. The van der Waals surface area contributed by atoms with Crippen LogP contribution < -0.4 is 0 Å². The van der Waals surface area contributed by atoms with E-state index in [1.54, 1.807) is 9.80 Å². The van der Waals surface area contributed by atoms with Crippen LogP contribution in [0.1, 0.15) is 26.3 Å². The molecule has 1 aromatic carbocycles. The molecule has 0 bridgehead atoms. The van der Waals surface area contributed by atoms with E-state index in [0.717, 1.165) is 5.56 Å². The van der Waals surface area contributed by atoms with E-state index >= 15 is 0 Å². The molecule has 1 aromatic rings. The number of hydrogen-bond acceptors (Lipinski definition) is 5. The molecule has 2 heterocycles. The fraction of sp³-hybridized carbons (Fsp3) is 0.571. The van der Waals surface area contributed by atoms with Gasteiger partial charge in [0.2, 0.25) is 5.91 Å². The molecule has 0 N–H and O–H groups in total. The standard InChI is InChI=1S/C21H29N3O5/c1-21(2,3)29-20(27)24-12-17(13-24)11-22-9-10-23(14-18(22)25)19(26)28-15-16-7-5-4-6-8-16/h4-8,17H,9-15H2,1-3H3. The van der Waals surface area contributed by atoms with Crippen molar-refractivity contribution in [1.29, 1.82) is 0 Å². The molecule has 0 aromatic heterocycles. The number of amides is 3. The van der Waals surface area contributed by atoms with Gasteiger partial charge in [0.05, 0.1) is 0 Å². The third kappa shape index (κ3) is 5.85. The van der Waals surface area contributed by atoms with Crippen molar-refractivity contribution in [2.75, 3.05) is 39.3 Å². The molecule has 2 aliphatic rings. The Bertz CT molecular complexity index is 740. The summed E-state index contributed by atoms with van der Waals surface area (Å²) in [4.78, 5) is 41.5. The van der Waals surface area contributed by atoms with Crippen LogP contribution in [0.3, 0.4) is 0 Å². The number of carbonyl (C=O) groups is 3. The van der Waals surface area contributed by atoms with Crippen molar-refractivity contribution in [3.8, 4) is 0 Å². The lowest BCUT2D eigenvalue weighted by Crippen LogP contribution is -2.58. The fourth-order valence-electron chi connectivity index (χ4n) is 3.34. The van der Waals surface area contributed by atoms with Gasteiger partial charge < -0.3 is 19.3 Å². The highest BCUT2D eigenvalue weighted by Crippen LogP contribution is 2.21. The summed E-state index contributed by atoms with van der Waals surface area (Å²) >= 11 is 0. The summed E-state index contributed by atoms with van der Waals surface area (Å²) in [6.07, 6.45) is -0.785. The average Bonchev–Trinajstić information content (AvgIpc) is 2.62. The molecule has 2 aliphatic heterocycles. The quantitative estimate of drug-likeness (QED) is 0.771. The van der Waals surface area contributed by atoms with Crippen molar-refractivity contribution in [1.82, 2.24) is 14.7 Å². The first kappa shape index (κ1) is 21.0. The summed E-state index contributed by atoms with van der Waals surface area (Å²) in [6, 6.07) is 9.44. The second kappa shape index (κ2) is 8.71. The van der Waals surface area contributed by atoms with Gasteiger partial charge in [0.15, 0.2) is 0 Å². The molecule has 8 nitrogen and oxygen atoms in total. The monoisotopic (exact) mass is 403 g/mol. The van der Waals surface area contributed by atoms with Gasteiger partial charge in [0.1, 0.15) is 18.8 Å². The lowest BCUT2D eigenvalue weighted by atomic mass is 9.99. The van der Waals surface area contributed by atoms with E-state index in [1.807, 2.05) is 51.1 Å². The van der Waals surface area contributed by atoms with Crippen molar-refractivity contribution < 1.29 is 23.9 Å². The summed E-state index contributed by atoms with van der Waals surface area (Å²) in [5.74, 6) is 0.145. The van der Waals surface area contributed by atoms with Crippen molar-refractivity contribution in [2.24, 2.45) is 5.92 Å². The number of rotatable bonds is 4. The first-order valence-electron chi connectivity index (χ1n) is 9.92. The van der Waals surface area contributed by atoms with Gasteiger partial charge in [-0.3, -0.25) is 9.69 Å². The Morgan fingerprint density at radius 1 is 1.03 bits per heavy atom. The highest BCUT2D eigenvalue weighted by atomic mass is 16.6. The fourth-order valence-corrected chi connectivity index (χ4v) is 3.34. The Hall–Kier alpha value is -2.77. The second-order valence-electron chi connectivity index (χ2n) is 8.55. The van der Waals surface area contributed by atoms with E-state index in [-0.39, 0.29) is 31.1 Å². The van der Waals surface area contributed by atoms with Crippen LogP contribution in [0, 0.1) is 5.92 Å². The Balaban J connectivity index is 1.38. The van der Waals surface area contributed by atoms with Crippen molar-refractivity contribution in [3.05, 3.63) is 35.9 Å². The third-order valence-electron chi connectivity index (χ3n) is 4.87. The minimum absolute atomic E-state index is 0.0239. The molecule has 0 aliphatic carbocycles. The Kier molecular flexibility index (Phi) is 6.30. The van der Waals surface area contributed by atoms with Crippen LogP contribution in [-0.4, -0.2) is 77.7 Å². The second-order valence-corrected chi connectivity index (χ2v) is 8.55. The summed E-state index contributed by atoms with van der Waals surface area (Å²) in [5, 5.41) is 0. The van der Waals surface area contributed by atoms with Crippen molar-refractivity contribution >= 4 is 18.1 Å². The number of likely N-dealkylation sites (tertiary alicyclic amines) is 1. The van der Waals surface area contributed by atoms with Crippen LogP contribution in [0.25, 0.3) is 0 Å². The van der Waals surface area contributed by atoms with E-state index in [4.69, 9.17) is 9.47 Å². The summed E-state index contributed by atoms with van der Waals surface area (Å²) in [6.45, 7) is 8.41. The average molecular weight is 403 g/mol. The molecule has 3 rings (SSSR count). The van der Waals surface area contributed by atoms with Crippen LogP contribution in [0.15, 0.2) is 30.3 Å².